The molecule has 1 aromatic carbocycles. The van der Waals surface area contributed by atoms with Gasteiger partial charge in [-0.15, -0.1) is 0 Å². The summed E-state index contributed by atoms with van der Waals surface area (Å²) >= 11 is 0. The maximum atomic E-state index is 13.1. The van der Waals surface area contributed by atoms with E-state index in [1.807, 2.05) is 6.07 Å². The van der Waals surface area contributed by atoms with E-state index in [-0.39, 0.29) is 11.7 Å². The average Bonchev–Trinajstić information content (AvgIpc) is 2.45. The van der Waals surface area contributed by atoms with E-state index >= 15 is 0 Å². The first kappa shape index (κ1) is 15.9. The highest BCUT2D eigenvalue weighted by Crippen LogP contribution is 2.13. The second-order valence-corrected chi connectivity index (χ2v) is 5.80. The molecule has 1 aromatic rings. The molecule has 1 heterocycles. The molecular formula is C16H24FN3O. The second-order valence-electron chi connectivity index (χ2n) is 5.80. The molecule has 2 N–H and O–H groups in total. The maximum Gasteiger partial charge on any atom is 0.231 e. The third kappa shape index (κ3) is 5.10. The highest BCUT2D eigenvalue weighted by molar-refractivity contribution is 5.75. The van der Waals surface area contributed by atoms with Crippen LogP contribution in [-0.2, 0) is 11.2 Å². The molecule has 0 spiro atoms. The van der Waals surface area contributed by atoms with Gasteiger partial charge >= 0.3 is 0 Å². The van der Waals surface area contributed by atoms with Crippen LogP contribution in [-0.4, -0.2) is 54.5 Å². The van der Waals surface area contributed by atoms with Crippen molar-refractivity contribution in [3.63, 3.8) is 0 Å². The number of benzene rings is 1. The summed E-state index contributed by atoms with van der Waals surface area (Å²) in [5, 5.41) is 0. The molecule has 0 bridgehead atoms. The fraction of sp³-hybridized carbons (Fsp3) is 0.562. The number of nitrogens with two attached hydrogens (primary N) is 1. The third-order valence-electron chi connectivity index (χ3n) is 4.15. The first-order valence-electron chi connectivity index (χ1n) is 7.54. The van der Waals surface area contributed by atoms with Gasteiger partial charge in [0, 0.05) is 32.2 Å². The summed E-state index contributed by atoms with van der Waals surface area (Å²) in [5.74, 6) is -0.428. The molecule has 1 amide bonds. The van der Waals surface area contributed by atoms with Gasteiger partial charge in [-0.3, -0.25) is 14.6 Å². The lowest BCUT2D eigenvalue weighted by atomic mass is 10.0. The second kappa shape index (κ2) is 7.52. The van der Waals surface area contributed by atoms with Crippen LogP contribution < -0.4 is 5.73 Å². The molecule has 1 fully saturated rings. The number of aryl methyl sites for hydroxylation is 1. The van der Waals surface area contributed by atoms with Crippen molar-refractivity contribution in [2.75, 3.05) is 32.7 Å². The molecule has 0 saturated carbocycles. The van der Waals surface area contributed by atoms with Crippen molar-refractivity contribution in [2.24, 2.45) is 5.73 Å². The van der Waals surface area contributed by atoms with Gasteiger partial charge in [-0.1, -0.05) is 12.1 Å². The highest BCUT2D eigenvalue weighted by Gasteiger charge is 2.21. The summed E-state index contributed by atoms with van der Waals surface area (Å²) in [6, 6.07) is 7.28. The Balaban J connectivity index is 1.74. The molecule has 116 valence electrons. The predicted octanol–water partition coefficient (Wildman–Crippen LogP) is 1.25. The van der Waals surface area contributed by atoms with Crippen molar-refractivity contribution in [1.29, 1.82) is 0 Å². The van der Waals surface area contributed by atoms with Crippen molar-refractivity contribution < 1.29 is 9.18 Å². The van der Waals surface area contributed by atoms with Gasteiger partial charge in [0.1, 0.15) is 5.82 Å². The van der Waals surface area contributed by atoms with Gasteiger partial charge in [0.25, 0.3) is 0 Å². The van der Waals surface area contributed by atoms with Crippen LogP contribution in [0.2, 0.25) is 0 Å². The van der Waals surface area contributed by atoms with Crippen LogP contribution in [0.4, 0.5) is 4.39 Å². The molecule has 4 nitrogen and oxygen atoms in total. The topological polar surface area (TPSA) is 49.6 Å². The Morgan fingerprint density at radius 2 is 2.05 bits per heavy atom. The van der Waals surface area contributed by atoms with Gasteiger partial charge in [0.05, 0.1) is 6.54 Å². The lowest BCUT2D eigenvalue weighted by Crippen LogP contribution is -2.51. The Morgan fingerprint density at radius 3 is 2.67 bits per heavy atom. The quantitative estimate of drug-likeness (QED) is 0.859. The smallest absolute Gasteiger partial charge is 0.231 e. The molecule has 1 atom stereocenters. The zero-order valence-corrected chi connectivity index (χ0v) is 12.6. The number of halogens is 1. The zero-order valence-electron chi connectivity index (χ0n) is 12.6. The molecule has 0 unspecified atom stereocenters. The fourth-order valence-electron chi connectivity index (χ4n) is 2.83. The monoisotopic (exact) mass is 293 g/mol. The molecule has 21 heavy (non-hydrogen) atoms. The van der Waals surface area contributed by atoms with Gasteiger partial charge < -0.3 is 5.73 Å². The molecule has 1 aliphatic heterocycles. The molecular weight excluding hydrogens is 269 g/mol. The Labute approximate surface area is 125 Å². The Kier molecular flexibility index (Phi) is 5.70. The van der Waals surface area contributed by atoms with E-state index in [0.717, 1.165) is 44.6 Å². The first-order valence-corrected chi connectivity index (χ1v) is 7.54. The van der Waals surface area contributed by atoms with Crippen LogP contribution in [0.1, 0.15) is 18.9 Å². The molecule has 0 aliphatic carbocycles. The lowest BCUT2D eigenvalue weighted by molar-refractivity contribution is -0.119. The Hall–Kier alpha value is -1.46. The molecule has 5 heteroatoms. The molecule has 1 aliphatic rings. The summed E-state index contributed by atoms with van der Waals surface area (Å²) in [5.41, 5.74) is 6.27. The van der Waals surface area contributed by atoms with Crippen molar-refractivity contribution in [3.05, 3.63) is 35.6 Å². The number of carbonyl (C=O) groups is 1. The standard InChI is InChI=1S/C16H24FN3O/c1-13(5-6-14-3-2-4-15(17)11-14)20-9-7-19(8-10-20)12-16(18)21/h2-4,11,13H,5-10,12H2,1H3,(H2,18,21)/t13-/m1/s1. The number of primary amides is 1. The Morgan fingerprint density at radius 1 is 1.33 bits per heavy atom. The molecule has 2 rings (SSSR count). The molecule has 1 saturated heterocycles. The van der Waals surface area contributed by atoms with Crippen LogP contribution in [0, 0.1) is 5.82 Å². The summed E-state index contributed by atoms with van der Waals surface area (Å²) in [6.07, 6.45) is 1.90. The number of piperazine rings is 1. The average molecular weight is 293 g/mol. The predicted molar refractivity (Wildman–Crippen MR) is 81.4 cm³/mol. The number of hydrogen-bond acceptors (Lipinski definition) is 3. The highest BCUT2D eigenvalue weighted by atomic mass is 19.1. The van der Waals surface area contributed by atoms with E-state index in [2.05, 4.69) is 16.7 Å². The normalized spacial score (nSPS) is 18.6. The third-order valence-corrected chi connectivity index (χ3v) is 4.15. The summed E-state index contributed by atoms with van der Waals surface area (Å²) in [7, 11) is 0. The number of hydrogen-bond donors (Lipinski definition) is 1. The van der Waals surface area contributed by atoms with Gasteiger partial charge in [-0.05, 0) is 37.5 Å². The van der Waals surface area contributed by atoms with Crippen LogP contribution in [0.5, 0.6) is 0 Å². The van der Waals surface area contributed by atoms with E-state index in [1.54, 1.807) is 12.1 Å². The largest absolute Gasteiger partial charge is 0.369 e. The van der Waals surface area contributed by atoms with Crippen LogP contribution in [0.15, 0.2) is 24.3 Å². The Bertz CT molecular complexity index is 472. The zero-order chi connectivity index (χ0) is 15.2. The number of carbonyl (C=O) groups excluding carboxylic acids is 1. The number of amides is 1. The number of rotatable bonds is 6. The lowest BCUT2D eigenvalue weighted by Gasteiger charge is -2.37. The van der Waals surface area contributed by atoms with Crippen molar-refractivity contribution in [2.45, 2.75) is 25.8 Å². The molecule has 0 aromatic heterocycles. The van der Waals surface area contributed by atoms with Gasteiger partial charge in [0.2, 0.25) is 5.91 Å². The van der Waals surface area contributed by atoms with Crippen LogP contribution in [0.25, 0.3) is 0 Å². The van der Waals surface area contributed by atoms with Crippen LogP contribution in [0.3, 0.4) is 0 Å². The minimum Gasteiger partial charge on any atom is -0.369 e. The van der Waals surface area contributed by atoms with Crippen molar-refractivity contribution >= 4 is 5.91 Å². The SMILES string of the molecule is C[C@H](CCc1cccc(F)c1)N1CCN(CC(N)=O)CC1. The van der Waals surface area contributed by atoms with Gasteiger partial charge in [-0.2, -0.15) is 0 Å². The minimum atomic E-state index is -0.261. The fourth-order valence-corrected chi connectivity index (χ4v) is 2.83. The minimum absolute atomic E-state index is 0.166. The van der Waals surface area contributed by atoms with Gasteiger partial charge in [-0.25, -0.2) is 4.39 Å². The molecule has 0 radical (unpaired) electrons. The number of nitrogens with zero attached hydrogens (tertiary/aromatic N) is 2. The van der Waals surface area contributed by atoms with E-state index in [0.29, 0.717) is 12.6 Å². The first-order chi connectivity index (χ1) is 10.0. The van der Waals surface area contributed by atoms with E-state index in [4.69, 9.17) is 5.73 Å². The van der Waals surface area contributed by atoms with E-state index in [1.165, 1.54) is 6.07 Å². The maximum absolute atomic E-state index is 13.1. The van der Waals surface area contributed by atoms with Gasteiger partial charge in [0.15, 0.2) is 0 Å². The van der Waals surface area contributed by atoms with E-state index in [9.17, 15) is 9.18 Å². The summed E-state index contributed by atoms with van der Waals surface area (Å²) < 4.78 is 13.1. The van der Waals surface area contributed by atoms with Crippen molar-refractivity contribution in [1.82, 2.24) is 9.80 Å². The summed E-state index contributed by atoms with van der Waals surface area (Å²) in [6.45, 7) is 6.24. The van der Waals surface area contributed by atoms with E-state index < -0.39 is 0 Å². The van der Waals surface area contributed by atoms with Crippen molar-refractivity contribution in [3.8, 4) is 0 Å². The van der Waals surface area contributed by atoms with Crippen LogP contribution >= 0.6 is 0 Å². The summed E-state index contributed by atoms with van der Waals surface area (Å²) in [4.78, 5) is 15.4.